The zero-order chi connectivity index (χ0) is 21.1. The van der Waals surface area contributed by atoms with Gasteiger partial charge >= 0.3 is 5.97 Å². The van der Waals surface area contributed by atoms with Gasteiger partial charge < -0.3 is 32.1 Å². The van der Waals surface area contributed by atoms with E-state index >= 15 is 0 Å². The minimum atomic E-state index is -1.19. The molecule has 0 saturated carbocycles. The van der Waals surface area contributed by atoms with Crippen LogP contribution in [0.5, 0.6) is 0 Å². The standard InChI is InChI=1S/C17H31N5O5S/c1-10(17(26)27)20-16(25)13(9-28)22-15(24)12(5-2-3-7-18)21-14(23)11-6-4-8-19-11/h10-13,19,28H,2-9,18H2,1H3,(H,20,25)(H,21,23)(H,22,24)(H,26,27). The van der Waals surface area contributed by atoms with Crippen molar-refractivity contribution in [1.82, 2.24) is 21.3 Å². The molecule has 1 rings (SSSR count). The molecule has 0 aromatic carbocycles. The topological polar surface area (TPSA) is 163 Å². The van der Waals surface area contributed by atoms with E-state index in [4.69, 9.17) is 10.8 Å². The Hall–Kier alpha value is -1.85. The minimum absolute atomic E-state index is 0.0163. The van der Waals surface area contributed by atoms with Crippen LogP contribution in [-0.2, 0) is 19.2 Å². The molecule has 0 aromatic heterocycles. The van der Waals surface area contributed by atoms with E-state index < -0.39 is 35.9 Å². The van der Waals surface area contributed by atoms with Gasteiger partial charge in [-0.1, -0.05) is 0 Å². The SMILES string of the molecule is CC(NC(=O)C(CS)NC(=O)C(CCCCN)NC(=O)C1CCCN1)C(=O)O. The molecule has 0 aromatic rings. The normalized spacial score (nSPS) is 19.3. The Kier molecular flexibility index (Phi) is 10.9. The molecule has 1 heterocycles. The third-order valence-corrected chi connectivity index (χ3v) is 4.87. The van der Waals surface area contributed by atoms with Gasteiger partial charge in [-0.15, -0.1) is 0 Å². The summed E-state index contributed by atoms with van der Waals surface area (Å²) in [5.41, 5.74) is 5.50. The fourth-order valence-electron chi connectivity index (χ4n) is 2.78. The maximum absolute atomic E-state index is 12.7. The number of thiol groups is 1. The lowest BCUT2D eigenvalue weighted by Crippen LogP contribution is -2.57. The van der Waals surface area contributed by atoms with Gasteiger partial charge in [0.05, 0.1) is 6.04 Å². The number of nitrogens with one attached hydrogen (secondary N) is 4. The predicted octanol–water partition coefficient (Wildman–Crippen LogP) is -1.64. The molecule has 1 fully saturated rings. The van der Waals surface area contributed by atoms with Crippen molar-refractivity contribution in [1.29, 1.82) is 0 Å². The molecule has 0 spiro atoms. The summed E-state index contributed by atoms with van der Waals surface area (Å²) in [7, 11) is 0. The van der Waals surface area contributed by atoms with Gasteiger partial charge in [0.2, 0.25) is 17.7 Å². The molecule has 10 nitrogen and oxygen atoms in total. The van der Waals surface area contributed by atoms with Gasteiger partial charge in [0.15, 0.2) is 0 Å². The van der Waals surface area contributed by atoms with Crippen LogP contribution in [0.3, 0.4) is 0 Å². The van der Waals surface area contributed by atoms with Crippen LogP contribution in [-0.4, -0.2) is 71.8 Å². The second-order valence-corrected chi connectivity index (χ2v) is 7.17. The van der Waals surface area contributed by atoms with Gasteiger partial charge in [-0.2, -0.15) is 12.6 Å². The second-order valence-electron chi connectivity index (χ2n) is 6.81. The summed E-state index contributed by atoms with van der Waals surface area (Å²) < 4.78 is 0. The lowest BCUT2D eigenvalue weighted by Gasteiger charge is -2.24. The maximum Gasteiger partial charge on any atom is 0.325 e. The highest BCUT2D eigenvalue weighted by Crippen LogP contribution is 2.08. The number of aliphatic carboxylic acids is 1. The number of carboxylic acids is 1. The third-order valence-electron chi connectivity index (χ3n) is 4.50. The molecule has 28 heavy (non-hydrogen) atoms. The summed E-state index contributed by atoms with van der Waals surface area (Å²) in [5.74, 6) is -2.62. The number of rotatable bonds is 12. The third kappa shape index (κ3) is 8.03. The molecule has 1 aliphatic heterocycles. The molecule has 3 amide bonds. The Labute approximate surface area is 170 Å². The molecule has 1 saturated heterocycles. The van der Waals surface area contributed by atoms with Gasteiger partial charge in [0.1, 0.15) is 18.1 Å². The molecule has 11 heteroatoms. The fraction of sp³-hybridized carbons (Fsp3) is 0.765. The number of carboxylic acid groups (broad SMARTS) is 1. The molecule has 0 radical (unpaired) electrons. The lowest BCUT2D eigenvalue weighted by atomic mass is 10.1. The van der Waals surface area contributed by atoms with Crippen molar-refractivity contribution in [3.05, 3.63) is 0 Å². The van der Waals surface area contributed by atoms with Crippen molar-refractivity contribution in [2.75, 3.05) is 18.8 Å². The lowest BCUT2D eigenvalue weighted by molar-refractivity contribution is -0.141. The predicted molar refractivity (Wildman–Crippen MR) is 107 cm³/mol. The Morgan fingerprint density at radius 2 is 1.82 bits per heavy atom. The number of amides is 3. The quantitative estimate of drug-likeness (QED) is 0.148. The molecule has 0 aliphatic carbocycles. The smallest absolute Gasteiger partial charge is 0.325 e. The van der Waals surface area contributed by atoms with E-state index in [0.717, 1.165) is 13.0 Å². The first-order chi connectivity index (χ1) is 13.3. The van der Waals surface area contributed by atoms with Gasteiger partial charge in [-0.05, 0) is 52.1 Å². The van der Waals surface area contributed by atoms with E-state index in [1.54, 1.807) is 0 Å². The van der Waals surface area contributed by atoms with Crippen molar-refractivity contribution >= 4 is 36.3 Å². The highest BCUT2D eigenvalue weighted by atomic mass is 32.1. The first-order valence-electron chi connectivity index (χ1n) is 9.48. The summed E-state index contributed by atoms with van der Waals surface area (Å²) in [5, 5.41) is 19.6. The number of unbranched alkanes of at least 4 members (excludes halogenated alkanes) is 1. The van der Waals surface area contributed by atoms with Crippen LogP contribution in [0.2, 0.25) is 0 Å². The average Bonchev–Trinajstić information content (AvgIpc) is 3.19. The van der Waals surface area contributed by atoms with Crippen LogP contribution in [0.1, 0.15) is 39.0 Å². The van der Waals surface area contributed by atoms with Crippen LogP contribution < -0.4 is 27.0 Å². The number of nitrogens with two attached hydrogens (primary N) is 1. The zero-order valence-corrected chi connectivity index (χ0v) is 17.0. The van der Waals surface area contributed by atoms with Crippen LogP contribution >= 0.6 is 12.6 Å². The van der Waals surface area contributed by atoms with E-state index in [1.807, 2.05) is 0 Å². The van der Waals surface area contributed by atoms with Crippen molar-refractivity contribution in [3.8, 4) is 0 Å². The molecular formula is C17H31N5O5S. The van der Waals surface area contributed by atoms with Crippen LogP contribution in [0.4, 0.5) is 0 Å². The zero-order valence-electron chi connectivity index (χ0n) is 16.1. The van der Waals surface area contributed by atoms with E-state index in [-0.39, 0.29) is 17.7 Å². The molecule has 160 valence electrons. The van der Waals surface area contributed by atoms with Crippen molar-refractivity contribution in [2.24, 2.45) is 5.73 Å². The Morgan fingerprint density at radius 1 is 1.14 bits per heavy atom. The molecule has 4 atom stereocenters. The summed E-state index contributed by atoms with van der Waals surface area (Å²) in [6.07, 6.45) is 3.33. The molecular weight excluding hydrogens is 386 g/mol. The fourth-order valence-corrected chi connectivity index (χ4v) is 3.04. The number of hydrogen-bond donors (Lipinski definition) is 7. The first kappa shape index (κ1) is 24.2. The van der Waals surface area contributed by atoms with E-state index in [9.17, 15) is 19.2 Å². The van der Waals surface area contributed by atoms with Crippen molar-refractivity contribution < 1.29 is 24.3 Å². The molecule has 0 bridgehead atoms. The van der Waals surface area contributed by atoms with Crippen LogP contribution in [0.25, 0.3) is 0 Å². The van der Waals surface area contributed by atoms with E-state index in [0.29, 0.717) is 32.2 Å². The number of carbonyl (C=O) groups excluding carboxylic acids is 3. The Balaban J connectivity index is 2.71. The maximum atomic E-state index is 12.7. The van der Waals surface area contributed by atoms with Crippen molar-refractivity contribution in [3.63, 3.8) is 0 Å². The summed E-state index contributed by atoms with van der Waals surface area (Å²) in [6, 6.07) is -3.25. The monoisotopic (exact) mass is 417 g/mol. The van der Waals surface area contributed by atoms with Gasteiger partial charge in [-0.3, -0.25) is 19.2 Å². The van der Waals surface area contributed by atoms with E-state index in [2.05, 4.69) is 33.9 Å². The summed E-state index contributed by atoms with van der Waals surface area (Å²) in [4.78, 5) is 48.1. The van der Waals surface area contributed by atoms with Crippen molar-refractivity contribution in [2.45, 2.75) is 63.2 Å². The largest absolute Gasteiger partial charge is 0.480 e. The van der Waals surface area contributed by atoms with Gasteiger partial charge in [-0.25, -0.2) is 0 Å². The minimum Gasteiger partial charge on any atom is -0.480 e. The summed E-state index contributed by atoms with van der Waals surface area (Å²) in [6.45, 7) is 2.55. The number of hydrogen-bond acceptors (Lipinski definition) is 7. The van der Waals surface area contributed by atoms with Gasteiger partial charge in [0, 0.05) is 5.75 Å². The molecule has 4 unspecified atom stereocenters. The molecule has 1 aliphatic rings. The highest BCUT2D eigenvalue weighted by molar-refractivity contribution is 7.80. The highest BCUT2D eigenvalue weighted by Gasteiger charge is 2.30. The molecule has 7 N–H and O–H groups in total. The van der Waals surface area contributed by atoms with Crippen LogP contribution in [0, 0.1) is 0 Å². The van der Waals surface area contributed by atoms with Gasteiger partial charge in [0.25, 0.3) is 0 Å². The summed E-state index contributed by atoms with van der Waals surface area (Å²) >= 11 is 4.06. The van der Waals surface area contributed by atoms with E-state index in [1.165, 1.54) is 6.92 Å². The Morgan fingerprint density at radius 3 is 2.36 bits per heavy atom. The number of carbonyl (C=O) groups is 4. The average molecular weight is 418 g/mol. The van der Waals surface area contributed by atoms with Crippen LogP contribution in [0.15, 0.2) is 0 Å². The Bertz CT molecular complexity index is 556. The first-order valence-corrected chi connectivity index (χ1v) is 10.1. The second kappa shape index (κ2) is 12.6.